The molecule has 0 bridgehead atoms. The van der Waals surface area contributed by atoms with Crippen LogP contribution in [0.3, 0.4) is 0 Å². The van der Waals surface area contributed by atoms with Crippen molar-refractivity contribution in [2.75, 3.05) is 0 Å². The van der Waals surface area contributed by atoms with Gasteiger partial charge in [-0.15, -0.1) is 0 Å². The normalized spacial score (nSPS) is 12.2. The van der Waals surface area contributed by atoms with Crippen molar-refractivity contribution in [2.45, 2.75) is 0 Å². The molecule has 0 aliphatic carbocycles. The van der Waals surface area contributed by atoms with Crippen molar-refractivity contribution in [1.82, 2.24) is 0 Å². The fourth-order valence-electron chi connectivity index (χ4n) is 5.68. The molecule has 8 rings (SSSR count). The van der Waals surface area contributed by atoms with E-state index in [-0.39, 0.29) is 0 Å². The molecule has 0 aromatic heterocycles. The summed E-state index contributed by atoms with van der Waals surface area (Å²) in [6.45, 7) is 0. The molecule has 0 fully saturated rings. The van der Waals surface area contributed by atoms with Crippen molar-refractivity contribution >= 4 is 43.1 Å². The van der Waals surface area contributed by atoms with Gasteiger partial charge in [-0.05, 0) is 90.8 Å². The van der Waals surface area contributed by atoms with Gasteiger partial charge in [0.15, 0.2) is 0 Å². The summed E-state index contributed by atoms with van der Waals surface area (Å²) in [4.78, 5) is 0. The predicted molar refractivity (Wildman–Crippen MR) is 147 cm³/mol. The van der Waals surface area contributed by atoms with Gasteiger partial charge in [-0.25, -0.2) is 0 Å². The maximum atomic E-state index is 6.40. The summed E-state index contributed by atoms with van der Waals surface area (Å²) in [5, 5.41) is 10.1. The van der Waals surface area contributed by atoms with Crippen LogP contribution in [0.4, 0.5) is 0 Å². The Balaban J connectivity index is 1.28. The molecular formula is C34H20O. The van der Waals surface area contributed by atoms with Crippen LogP contribution in [-0.2, 0) is 0 Å². The molecule has 1 heteroatoms. The van der Waals surface area contributed by atoms with Gasteiger partial charge in [0.25, 0.3) is 0 Å². The molecular weight excluding hydrogens is 424 g/mol. The average Bonchev–Trinajstić information content (AvgIpc) is 2.91. The highest BCUT2D eigenvalue weighted by atomic mass is 16.5. The van der Waals surface area contributed by atoms with Gasteiger partial charge in [0.2, 0.25) is 0 Å². The monoisotopic (exact) mass is 444 g/mol. The first kappa shape index (κ1) is 18.8. The second kappa shape index (κ2) is 6.94. The van der Waals surface area contributed by atoms with Crippen LogP contribution >= 0.6 is 0 Å². The quantitative estimate of drug-likeness (QED) is 0.181. The van der Waals surface area contributed by atoms with Crippen LogP contribution in [0.25, 0.3) is 65.3 Å². The highest BCUT2D eigenvalue weighted by Crippen LogP contribution is 2.47. The molecule has 1 aliphatic rings. The Morgan fingerprint density at radius 1 is 0.371 bits per heavy atom. The second-order valence-electron chi connectivity index (χ2n) is 9.39. The molecule has 1 nitrogen and oxygen atoms in total. The Morgan fingerprint density at radius 3 is 1.97 bits per heavy atom. The minimum Gasteiger partial charge on any atom is -0.456 e. The Kier molecular flexibility index (Phi) is 3.72. The smallest absolute Gasteiger partial charge is 0.135 e. The van der Waals surface area contributed by atoms with Crippen LogP contribution in [0.2, 0.25) is 0 Å². The Labute approximate surface area is 202 Å². The van der Waals surface area contributed by atoms with Crippen molar-refractivity contribution < 1.29 is 4.74 Å². The minimum atomic E-state index is 0.916. The van der Waals surface area contributed by atoms with Gasteiger partial charge in [-0.2, -0.15) is 0 Å². The van der Waals surface area contributed by atoms with Crippen molar-refractivity contribution in [3.63, 3.8) is 0 Å². The topological polar surface area (TPSA) is 9.23 Å². The Hall–Kier alpha value is -4.62. The van der Waals surface area contributed by atoms with Gasteiger partial charge in [-0.3, -0.25) is 0 Å². The van der Waals surface area contributed by atoms with Crippen LogP contribution in [0.15, 0.2) is 121 Å². The van der Waals surface area contributed by atoms with Crippen molar-refractivity contribution in [3.8, 4) is 33.8 Å². The average molecular weight is 445 g/mol. The van der Waals surface area contributed by atoms with Crippen molar-refractivity contribution in [1.29, 1.82) is 0 Å². The van der Waals surface area contributed by atoms with Crippen molar-refractivity contribution in [3.05, 3.63) is 121 Å². The lowest BCUT2D eigenvalue weighted by Crippen LogP contribution is -1.97. The summed E-state index contributed by atoms with van der Waals surface area (Å²) in [6.07, 6.45) is 0. The lowest BCUT2D eigenvalue weighted by atomic mass is 9.92. The molecule has 0 spiro atoms. The zero-order valence-electron chi connectivity index (χ0n) is 19.0. The lowest BCUT2D eigenvalue weighted by Gasteiger charge is -2.22. The highest BCUT2D eigenvalue weighted by Gasteiger charge is 2.20. The number of benzene rings is 7. The number of hydrogen-bond donors (Lipinski definition) is 0. The standard InChI is InChI=1S/C34H20O/c1-2-6-23-19-31-27(17-22(23)5-1)12-11-26-18-24(13-15-28(26)31)25-14-16-29-30-9-3-7-21-8-4-10-32(34(21)30)35-33(29)20-25/h1-20H. The molecule has 1 aliphatic heterocycles. The molecule has 0 atom stereocenters. The van der Waals surface area contributed by atoms with E-state index in [4.69, 9.17) is 4.74 Å². The van der Waals surface area contributed by atoms with E-state index in [0.29, 0.717) is 0 Å². The molecule has 0 radical (unpaired) electrons. The molecule has 1 heterocycles. The van der Waals surface area contributed by atoms with Crippen LogP contribution in [0.1, 0.15) is 0 Å². The van der Waals surface area contributed by atoms with E-state index in [1.54, 1.807) is 0 Å². The molecule has 0 unspecified atom stereocenters. The third-order valence-corrected chi connectivity index (χ3v) is 7.39. The van der Waals surface area contributed by atoms with Gasteiger partial charge in [0.05, 0.1) is 0 Å². The van der Waals surface area contributed by atoms with Crippen LogP contribution < -0.4 is 4.74 Å². The lowest BCUT2D eigenvalue weighted by molar-refractivity contribution is 0.487. The first-order valence-electron chi connectivity index (χ1n) is 12.0. The third-order valence-electron chi connectivity index (χ3n) is 7.39. The first-order valence-corrected chi connectivity index (χ1v) is 12.0. The number of hydrogen-bond acceptors (Lipinski definition) is 1. The summed E-state index contributed by atoms with van der Waals surface area (Å²) < 4.78 is 6.40. The van der Waals surface area contributed by atoms with Gasteiger partial charge in [-0.1, -0.05) is 84.9 Å². The number of fused-ring (bicyclic) bond motifs is 6. The minimum absolute atomic E-state index is 0.916. The van der Waals surface area contributed by atoms with Gasteiger partial charge in [0, 0.05) is 10.9 Å². The number of rotatable bonds is 1. The van der Waals surface area contributed by atoms with E-state index in [1.165, 1.54) is 54.2 Å². The number of ether oxygens (including phenoxy) is 1. The maximum absolute atomic E-state index is 6.40. The van der Waals surface area contributed by atoms with Crippen molar-refractivity contribution in [2.24, 2.45) is 0 Å². The summed E-state index contributed by atoms with van der Waals surface area (Å²) in [7, 11) is 0. The van der Waals surface area contributed by atoms with Gasteiger partial charge in [0.1, 0.15) is 11.5 Å². The van der Waals surface area contributed by atoms with E-state index in [0.717, 1.165) is 22.6 Å². The Morgan fingerprint density at radius 2 is 1.09 bits per heavy atom. The molecule has 35 heavy (non-hydrogen) atoms. The molecule has 0 saturated carbocycles. The summed E-state index contributed by atoms with van der Waals surface area (Å²) >= 11 is 0. The third kappa shape index (κ3) is 2.76. The molecule has 0 saturated heterocycles. The van der Waals surface area contributed by atoms with Crippen LogP contribution in [0, 0.1) is 0 Å². The van der Waals surface area contributed by atoms with Crippen LogP contribution in [0.5, 0.6) is 11.5 Å². The highest BCUT2D eigenvalue weighted by molar-refractivity contribution is 6.13. The van der Waals surface area contributed by atoms with Gasteiger partial charge >= 0.3 is 0 Å². The Bertz CT molecular complexity index is 1970. The maximum Gasteiger partial charge on any atom is 0.135 e. The first-order chi connectivity index (χ1) is 17.3. The summed E-state index contributed by atoms with van der Waals surface area (Å²) in [5.41, 5.74) is 4.75. The zero-order chi connectivity index (χ0) is 22.9. The largest absolute Gasteiger partial charge is 0.456 e. The predicted octanol–water partition coefficient (Wildman–Crippen LogP) is 9.74. The second-order valence-corrected chi connectivity index (χ2v) is 9.39. The zero-order valence-corrected chi connectivity index (χ0v) is 19.0. The van der Waals surface area contributed by atoms with Gasteiger partial charge < -0.3 is 4.74 Å². The molecule has 7 aromatic carbocycles. The van der Waals surface area contributed by atoms with Crippen LogP contribution in [-0.4, -0.2) is 0 Å². The molecule has 0 amide bonds. The molecule has 0 N–H and O–H groups in total. The van der Waals surface area contributed by atoms with E-state index >= 15 is 0 Å². The van der Waals surface area contributed by atoms with E-state index in [2.05, 4.69) is 121 Å². The molecule has 162 valence electrons. The van der Waals surface area contributed by atoms with E-state index in [9.17, 15) is 0 Å². The van der Waals surface area contributed by atoms with E-state index < -0.39 is 0 Å². The summed E-state index contributed by atoms with van der Waals surface area (Å²) in [6, 6.07) is 43.8. The summed E-state index contributed by atoms with van der Waals surface area (Å²) in [5.74, 6) is 1.85. The fraction of sp³-hybridized carbons (Fsp3) is 0. The fourth-order valence-corrected chi connectivity index (χ4v) is 5.68. The van der Waals surface area contributed by atoms with E-state index in [1.807, 2.05) is 0 Å². The molecule has 7 aromatic rings. The SMILES string of the molecule is c1ccc2cc3c(ccc4cc(-c5ccc6c(c5)Oc5cccc7cccc-6c57)ccc43)cc2c1.